The molecule has 0 unspecified atom stereocenters. The lowest BCUT2D eigenvalue weighted by Gasteiger charge is -2.10. The van der Waals surface area contributed by atoms with E-state index < -0.39 is 10.0 Å². The van der Waals surface area contributed by atoms with E-state index in [0.717, 1.165) is 17.7 Å². The topological polar surface area (TPSA) is 69.4 Å². The highest BCUT2D eigenvalue weighted by molar-refractivity contribution is 7.89. The second-order valence-corrected chi connectivity index (χ2v) is 6.30. The molecule has 0 saturated carbocycles. The molecule has 4 nitrogen and oxygen atoms in total. The van der Waals surface area contributed by atoms with Crippen LogP contribution in [0, 0.1) is 6.92 Å². The van der Waals surface area contributed by atoms with E-state index in [-0.39, 0.29) is 4.90 Å². The van der Waals surface area contributed by atoms with Crippen LogP contribution in [0.2, 0.25) is 0 Å². The molecule has 0 fully saturated rings. The molecule has 0 spiro atoms. The van der Waals surface area contributed by atoms with E-state index in [2.05, 4.69) is 6.92 Å². The number of aryl methyl sites for hydroxylation is 1. The monoisotopic (exact) mass is 285 g/mol. The molecule has 0 bridgehead atoms. The molecule has 0 saturated heterocycles. The maximum atomic E-state index is 11.2. The summed E-state index contributed by atoms with van der Waals surface area (Å²) in [4.78, 5) is 0.125. The molecule has 5 heteroatoms. The summed E-state index contributed by atoms with van der Waals surface area (Å²) in [5, 5.41) is 5.08. The Morgan fingerprint density at radius 3 is 2.42 bits per heavy atom. The second-order valence-electron chi connectivity index (χ2n) is 4.73. The van der Waals surface area contributed by atoms with Gasteiger partial charge in [-0.15, -0.1) is 0 Å². The van der Waals surface area contributed by atoms with E-state index >= 15 is 0 Å². The first-order valence-electron chi connectivity index (χ1n) is 6.71. The average Bonchev–Trinajstić information content (AvgIpc) is 2.34. The van der Waals surface area contributed by atoms with Crippen molar-refractivity contribution in [3.63, 3.8) is 0 Å². The molecular formula is C14H23NO3S. The molecule has 0 amide bonds. The third-order valence-corrected chi connectivity index (χ3v) is 3.89. The van der Waals surface area contributed by atoms with E-state index in [9.17, 15) is 8.42 Å². The van der Waals surface area contributed by atoms with Gasteiger partial charge in [0.25, 0.3) is 0 Å². The highest BCUT2D eigenvalue weighted by Gasteiger charge is 2.09. The smallest absolute Gasteiger partial charge is 0.238 e. The van der Waals surface area contributed by atoms with Crippen LogP contribution in [0.3, 0.4) is 0 Å². The van der Waals surface area contributed by atoms with Crippen molar-refractivity contribution in [1.29, 1.82) is 0 Å². The lowest BCUT2D eigenvalue weighted by Crippen LogP contribution is -2.12. The number of primary sulfonamides is 1. The van der Waals surface area contributed by atoms with Gasteiger partial charge in [0, 0.05) is 0 Å². The van der Waals surface area contributed by atoms with Gasteiger partial charge < -0.3 is 4.74 Å². The van der Waals surface area contributed by atoms with Gasteiger partial charge in [-0.05, 0) is 37.1 Å². The van der Waals surface area contributed by atoms with Crippen LogP contribution >= 0.6 is 0 Å². The van der Waals surface area contributed by atoms with Crippen LogP contribution < -0.4 is 9.88 Å². The number of nitrogens with two attached hydrogens (primary N) is 1. The molecule has 1 rings (SSSR count). The van der Waals surface area contributed by atoms with E-state index in [0.29, 0.717) is 6.61 Å². The summed E-state index contributed by atoms with van der Waals surface area (Å²) >= 11 is 0. The van der Waals surface area contributed by atoms with Crippen LogP contribution in [0.15, 0.2) is 23.1 Å². The fourth-order valence-corrected chi connectivity index (χ4v) is 2.45. The summed E-state index contributed by atoms with van der Waals surface area (Å²) in [5.41, 5.74) is 0.792. The summed E-state index contributed by atoms with van der Waals surface area (Å²) in [6, 6.07) is 4.69. The SMILES string of the molecule is CCCCCCCOc1ccc(S(N)(=O)=O)cc1C. The van der Waals surface area contributed by atoms with Crippen LogP contribution in [0.4, 0.5) is 0 Å². The van der Waals surface area contributed by atoms with Gasteiger partial charge in [-0.25, -0.2) is 13.6 Å². The van der Waals surface area contributed by atoms with Gasteiger partial charge in [-0.1, -0.05) is 32.6 Å². The molecule has 0 radical (unpaired) electrons. The zero-order valence-electron chi connectivity index (χ0n) is 11.7. The van der Waals surface area contributed by atoms with Gasteiger partial charge >= 0.3 is 0 Å². The minimum Gasteiger partial charge on any atom is -0.493 e. The van der Waals surface area contributed by atoms with Crippen LogP contribution in [-0.4, -0.2) is 15.0 Å². The zero-order valence-corrected chi connectivity index (χ0v) is 12.5. The molecule has 0 atom stereocenters. The van der Waals surface area contributed by atoms with Crippen molar-refractivity contribution in [1.82, 2.24) is 0 Å². The predicted molar refractivity (Wildman–Crippen MR) is 76.8 cm³/mol. The normalized spacial score (nSPS) is 11.5. The largest absolute Gasteiger partial charge is 0.493 e. The van der Waals surface area contributed by atoms with Crippen molar-refractivity contribution < 1.29 is 13.2 Å². The van der Waals surface area contributed by atoms with Gasteiger partial charge in [0.2, 0.25) is 10.0 Å². The molecule has 0 aliphatic rings. The number of benzene rings is 1. The van der Waals surface area contributed by atoms with E-state index in [1.54, 1.807) is 12.1 Å². The molecule has 108 valence electrons. The number of hydrogen-bond acceptors (Lipinski definition) is 3. The molecule has 19 heavy (non-hydrogen) atoms. The number of ether oxygens (including phenoxy) is 1. The fraction of sp³-hybridized carbons (Fsp3) is 0.571. The lowest BCUT2D eigenvalue weighted by atomic mass is 10.2. The fourth-order valence-electron chi connectivity index (χ4n) is 1.85. The van der Waals surface area contributed by atoms with Crippen molar-refractivity contribution in [2.45, 2.75) is 50.8 Å². The Bertz CT molecular complexity index is 497. The quantitative estimate of drug-likeness (QED) is 0.746. The predicted octanol–water partition coefficient (Wildman–Crippen LogP) is 2.99. The Kier molecular flexibility index (Phi) is 6.31. The highest BCUT2D eigenvalue weighted by Crippen LogP contribution is 2.21. The van der Waals surface area contributed by atoms with Gasteiger partial charge in [-0.2, -0.15) is 0 Å². The Hall–Kier alpha value is -1.07. The Morgan fingerprint density at radius 1 is 1.16 bits per heavy atom. The highest BCUT2D eigenvalue weighted by atomic mass is 32.2. The van der Waals surface area contributed by atoms with E-state index in [4.69, 9.17) is 9.88 Å². The summed E-state index contributed by atoms with van der Waals surface area (Å²) < 4.78 is 28.0. The van der Waals surface area contributed by atoms with Crippen LogP contribution in [0.25, 0.3) is 0 Å². The summed E-state index contributed by atoms with van der Waals surface area (Å²) in [6.07, 6.45) is 5.93. The van der Waals surface area contributed by atoms with E-state index in [1.807, 2.05) is 6.92 Å². The van der Waals surface area contributed by atoms with Crippen molar-refractivity contribution in [2.24, 2.45) is 5.14 Å². The molecule has 1 aromatic carbocycles. The molecule has 0 aromatic heterocycles. The van der Waals surface area contributed by atoms with Gasteiger partial charge in [-0.3, -0.25) is 0 Å². The Morgan fingerprint density at radius 2 is 1.84 bits per heavy atom. The number of rotatable bonds is 8. The second kappa shape index (κ2) is 7.50. The first-order chi connectivity index (χ1) is 8.95. The standard InChI is InChI=1S/C14H23NO3S/c1-3-4-5-6-7-10-18-14-9-8-13(11-12(14)2)19(15,16)17/h8-9,11H,3-7,10H2,1-2H3,(H2,15,16,17). The van der Waals surface area contributed by atoms with Crippen LogP contribution in [0.5, 0.6) is 5.75 Å². The third-order valence-electron chi connectivity index (χ3n) is 2.98. The minimum absolute atomic E-state index is 0.125. The van der Waals surface area contributed by atoms with Crippen molar-refractivity contribution in [2.75, 3.05) is 6.61 Å². The molecule has 1 aromatic rings. The van der Waals surface area contributed by atoms with Gasteiger partial charge in [0.05, 0.1) is 11.5 Å². The van der Waals surface area contributed by atoms with Crippen LogP contribution in [-0.2, 0) is 10.0 Å². The van der Waals surface area contributed by atoms with E-state index in [1.165, 1.54) is 31.7 Å². The van der Waals surface area contributed by atoms with Gasteiger partial charge in [0.1, 0.15) is 5.75 Å². The molecule has 0 heterocycles. The Balaban J connectivity index is 2.47. The molecular weight excluding hydrogens is 262 g/mol. The van der Waals surface area contributed by atoms with Crippen molar-refractivity contribution in [3.05, 3.63) is 23.8 Å². The average molecular weight is 285 g/mol. The summed E-state index contributed by atoms with van der Waals surface area (Å²) in [5.74, 6) is 0.725. The zero-order chi connectivity index (χ0) is 14.3. The molecule has 0 aliphatic carbocycles. The first kappa shape index (κ1) is 16.0. The first-order valence-corrected chi connectivity index (χ1v) is 8.26. The van der Waals surface area contributed by atoms with Crippen molar-refractivity contribution in [3.8, 4) is 5.75 Å². The number of hydrogen-bond donors (Lipinski definition) is 1. The maximum Gasteiger partial charge on any atom is 0.238 e. The lowest BCUT2D eigenvalue weighted by molar-refractivity contribution is 0.302. The van der Waals surface area contributed by atoms with Crippen LogP contribution in [0.1, 0.15) is 44.6 Å². The molecule has 0 aliphatic heterocycles. The van der Waals surface area contributed by atoms with Gasteiger partial charge in [0.15, 0.2) is 0 Å². The number of sulfonamides is 1. The van der Waals surface area contributed by atoms with Crippen molar-refractivity contribution >= 4 is 10.0 Å². The summed E-state index contributed by atoms with van der Waals surface area (Å²) in [6.45, 7) is 4.67. The molecule has 2 N–H and O–H groups in total. The summed E-state index contributed by atoms with van der Waals surface area (Å²) in [7, 11) is -3.63. The minimum atomic E-state index is -3.63. The Labute approximate surface area is 116 Å². The maximum absolute atomic E-state index is 11.2. The number of unbranched alkanes of at least 4 members (excludes halogenated alkanes) is 4. The third kappa shape index (κ3) is 5.61.